The van der Waals surface area contributed by atoms with E-state index < -0.39 is 18.2 Å². The first-order valence-corrected chi connectivity index (χ1v) is 7.98. The Balaban J connectivity index is 1.93. The molecule has 0 bridgehead atoms. The molecule has 1 amide bonds. The van der Waals surface area contributed by atoms with Crippen LogP contribution in [0.25, 0.3) is 0 Å². The first-order valence-electron chi connectivity index (χ1n) is 7.98. The zero-order chi connectivity index (χ0) is 18.6. The molecule has 2 rings (SSSR count). The van der Waals surface area contributed by atoms with Gasteiger partial charge < -0.3 is 14.7 Å². The average molecular weight is 359 g/mol. The second-order valence-corrected chi connectivity index (χ2v) is 6.28. The van der Waals surface area contributed by atoms with Gasteiger partial charge in [-0.3, -0.25) is 9.59 Å². The van der Waals surface area contributed by atoms with Gasteiger partial charge in [-0.15, -0.1) is 13.2 Å². The van der Waals surface area contributed by atoms with E-state index in [9.17, 15) is 22.8 Å². The number of amides is 1. The number of hydrogen-bond acceptors (Lipinski definition) is 3. The summed E-state index contributed by atoms with van der Waals surface area (Å²) in [6.07, 6.45) is -2.47. The van der Waals surface area contributed by atoms with Crippen LogP contribution in [-0.2, 0) is 16.1 Å². The predicted octanol–water partition coefficient (Wildman–Crippen LogP) is 3.43. The van der Waals surface area contributed by atoms with Crippen LogP contribution in [0.1, 0.15) is 31.2 Å². The van der Waals surface area contributed by atoms with Gasteiger partial charge in [0, 0.05) is 19.5 Å². The Bertz CT molecular complexity index is 615. The van der Waals surface area contributed by atoms with Gasteiger partial charge in [0.2, 0.25) is 5.91 Å². The molecule has 2 atom stereocenters. The molecule has 0 saturated heterocycles. The highest BCUT2D eigenvalue weighted by Crippen LogP contribution is 2.31. The van der Waals surface area contributed by atoms with Gasteiger partial charge in [-0.1, -0.05) is 18.6 Å². The Morgan fingerprint density at radius 2 is 1.80 bits per heavy atom. The fourth-order valence-electron chi connectivity index (χ4n) is 3.10. The first-order chi connectivity index (χ1) is 11.7. The summed E-state index contributed by atoms with van der Waals surface area (Å²) in [6.45, 7) is 0.235. The maximum atomic E-state index is 12.5. The Kier molecular flexibility index (Phi) is 5.92. The van der Waals surface area contributed by atoms with E-state index in [-0.39, 0.29) is 24.1 Å². The summed E-state index contributed by atoms with van der Waals surface area (Å²) in [4.78, 5) is 25.1. The minimum atomic E-state index is -4.74. The third kappa shape index (κ3) is 5.65. The molecule has 0 spiro atoms. The van der Waals surface area contributed by atoms with Gasteiger partial charge in [-0.2, -0.15) is 0 Å². The van der Waals surface area contributed by atoms with Crippen molar-refractivity contribution >= 4 is 11.9 Å². The smallest absolute Gasteiger partial charge is 0.481 e. The van der Waals surface area contributed by atoms with Gasteiger partial charge in [0.25, 0.3) is 0 Å². The van der Waals surface area contributed by atoms with Gasteiger partial charge in [-0.25, -0.2) is 0 Å². The molecular formula is C17H20F3NO4. The second-order valence-electron chi connectivity index (χ2n) is 6.28. The topological polar surface area (TPSA) is 66.8 Å². The van der Waals surface area contributed by atoms with Crippen molar-refractivity contribution < 1.29 is 32.6 Å². The van der Waals surface area contributed by atoms with Crippen LogP contribution in [0.5, 0.6) is 5.75 Å². The molecule has 0 aromatic heterocycles. The van der Waals surface area contributed by atoms with Crippen molar-refractivity contribution in [3.8, 4) is 5.75 Å². The molecular weight excluding hydrogens is 339 g/mol. The number of alkyl halides is 3. The molecule has 0 heterocycles. The van der Waals surface area contributed by atoms with E-state index in [1.165, 1.54) is 29.2 Å². The van der Waals surface area contributed by atoms with E-state index in [4.69, 9.17) is 5.11 Å². The average Bonchev–Trinajstić information content (AvgIpc) is 2.54. The summed E-state index contributed by atoms with van der Waals surface area (Å²) < 4.78 is 40.2. The molecule has 0 aliphatic heterocycles. The molecule has 5 nitrogen and oxygen atoms in total. The quantitative estimate of drug-likeness (QED) is 0.875. The predicted molar refractivity (Wildman–Crippen MR) is 82.7 cm³/mol. The van der Waals surface area contributed by atoms with Crippen molar-refractivity contribution in [1.29, 1.82) is 0 Å². The van der Waals surface area contributed by atoms with Crippen molar-refractivity contribution in [2.75, 3.05) is 7.05 Å². The number of halogens is 3. The van der Waals surface area contributed by atoms with Gasteiger partial charge in [0.15, 0.2) is 0 Å². The summed E-state index contributed by atoms with van der Waals surface area (Å²) in [5.41, 5.74) is 0.663. The zero-order valence-corrected chi connectivity index (χ0v) is 13.8. The SMILES string of the molecule is CN(Cc1ccc(OC(F)(F)F)cc1)C(=O)C1CCCC(C(=O)O)C1. The van der Waals surface area contributed by atoms with Crippen molar-refractivity contribution in [1.82, 2.24) is 4.90 Å². The lowest BCUT2D eigenvalue weighted by molar-refractivity contribution is -0.274. The highest BCUT2D eigenvalue weighted by atomic mass is 19.4. The molecule has 1 N–H and O–H groups in total. The van der Waals surface area contributed by atoms with E-state index in [1.54, 1.807) is 7.05 Å². The maximum absolute atomic E-state index is 12.5. The largest absolute Gasteiger partial charge is 0.573 e. The third-order valence-electron chi connectivity index (χ3n) is 4.33. The lowest BCUT2D eigenvalue weighted by Crippen LogP contribution is -2.36. The molecule has 2 unspecified atom stereocenters. The van der Waals surface area contributed by atoms with Crippen LogP contribution in [0.3, 0.4) is 0 Å². The molecule has 1 aromatic carbocycles. The summed E-state index contributed by atoms with van der Waals surface area (Å²) in [6, 6.07) is 5.32. The fraction of sp³-hybridized carbons (Fsp3) is 0.529. The number of carboxylic acids is 1. The van der Waals surface area contributed by atoms with Crippen LogP contribution >= 0.6 is 0 Å². The summed E-state index contributed by atoms with van der Waals surface area (Å²) >= 11 is 0. The lowest BCUT2D eigenvalue weighted by atomic mass is 9.81. The van der Waals surface area contributed by atoms with Gasteiger partial charge in [0.1, 0.15) is 5.75 Å². The summed E-state index contributed by atoms with van der Waals surface area (Å²) in [5.74, 6) is -2.15. The lowest BCUT2D eigenvalue weighted by Gasteiger charge is -2.29. The molecule has 1 fully saturated rings. The van der Waals surface area contributed by atoms with Crippen molar-refractivity contribution in [3.63, 3.8) is 0 Å². The number of carbonyl (C=O) groups excluding carboxylic acids is 1. The standard InChI is InChI=1S/C17H20F3NO4/c1-21(15(22)12-3-2-4-13(9-12)16(23)24)10-11-5-7-14(8-6-11)25-17(18,19)20/h5-8,12-13H,2-4,9-10H2,1H3,(H,23,24). The Morgan fingerprint density at radius 3 is 2.36 bits per heavy atom. The van der Waals surface area contributed by atoms with Crippen molar-refractivity contribution in [2.24, 2.45) is 11.8 Å². The van der Waals surface area contributed by atoms with Crippen LogP contribution in [0, 0.1) is 11.8 Å². The van der Waals surface area contributed by atoms with E-state index in [0.29, 0.717) is 31.2 Å². The normalized spacial score (nSPS) is 20.8. The van der Waals surface area contributed by atoms with Crippen LogP contribution in [-0.4, -0.2) is 35.3 Å². The Hall–Kier alpha value is -2.25. The van der Waals surface area contributed by atoms with E-state index in [2.05, 4.69) is 4.74 Å². The molecule has 1 saturated carbocycles. The number of ether oxygens (including phenoxy) is 1. The number of rotatable bonds is 5. The summed E-state index contributed by atoms with van der Waals surface area (Å²) in [7, 11) is 1.60. The van der Waals surface area contributed by atoms with Gasteiger partial charge in [-0.05, 0) is 37.0 Å². The van der Waals surface area contributed by atoms with Crippen LogP contribution < -0.4 is 4.74 Å². The van der Waals surface area contributed by atoms with Crippen molar-refractivity contribution in [2.45, 2.75) is 38.6 Å². The summed E-state index contributed by atoms with van der Waals surface area (Å²) in [5, 5.41) is 9.10. The third-order valence-corrected chi connectivity index (χ3v) is 4.33. The number of hydrogen-bond donors (Lipinski definition) is 1. The fourth-order valence-corrected chi connectivity index (χ4v) is 3.10. The van der Waals surface area contributed by atoms with E-state index >= 15 is 0 Å². The first kappa shape index (κ1) is 19.1. The molecule has 8 heteroatoms. The molecule has 1 aromatic rings. The minimum Gasteiger partial charge on any atom is -0.481 e. The molecule has 25 heavy (non-hydrogen) atoms. The number of nitrogens with zero attached hydrogens (tertiary/aromatic N) is 1. The number of benzene rings is 1. The molecule has 138 valence electrons. The van der Waals surface area contributed by atoms with E-state index in [0.717, 1.165) is 0 Å². The van der Waals surface area contributed by atoms with Crippen LogP contribution in [0.15, 0.2) is 24.3 Å². The minimum absolute atomic E-state index is 0.137. The monoisotopic (exact) mass is 359 g/mol. The highest BCUT2D eigenvalue weighted by molar-refractivity contribution is 5.80. The van der Waals surface area contributed by atoms with Crippen molar-refractivity contribution in [3.05, 3.63) is 29.8 Å². The van der Waals surface area contributed by atoms with Gasteiger partial charge in [0.05, 0.1) is 5.92 Å². The number of carboxylic acid groups (broad SMARTS) is 1. The molecule has 1 aliphatic rings. The highest BCUT2D eigenvalue weighted by Gasteiger charge is 2.33. The van der Waals surface area contributed by atoms with Crippen LogP contribution in [0.2, 0.25) is 0 Å². The molecule has 0 radical (unpaired) electrons. The van der Waals surface area contributed by atoms with Gasteiger partial charge >= 0.3 is 12.3 Å². The van der Waals surface area contributed by atoms with Crippen LogP contribution in [0.4, 0.5) is 13.2 Å². The van der Waals surface area contributed by atoms with E-state index in [1.807, 2.05) is 0 Å². The maximum Gasteiger partial charge on any atom is 0.573 e. The zero-order valence-electron chi connectivity index (χ0n) is 13.8. The Labute approximate surface area is 143 Å². The second kappa shape index (κ2) is 7.76. The number of aliphatic carboxylic acids is 1. The molecule has 1 aliphatic carbocycles. The Morgan fingerprint density at radius 1 is 1.20 bits per heavy atom. The number of carbonyl (C=O) groups is 2.